The van der Waals surface area contributed by atoms with Gasteiger partial charge in [0.25, 0.3) is 0 Å². The first kappa shape index (κ1) is 21.8. The van der Waals surface area contributed by atoms with Crippen molar-refractivity contribution in [3.63, 3.8) is 0 Å². The Morgan fingerprint density at radius 1 is 1.03 bits per heavy atom. The Hall–Kier alpha value is -3.87. The second kappa shape index (κ2) is 10.8. The van der Waals surface area contributed by atoms with Gasteiger partial charge in [-0.05, 0) is 66.9 Å². The molecule has 31 heavy (non-hydrogen) atoms. The van der Waals surface area contributed by atoms with Gasteiger partial charge in [-0.3, -0.25) is 0 Å². The number of hydrogen-bond acceptors (Lipinski definition) is 4. The van der Waals surface area contributed by atoms with Crippen molar-refractivity contribution in [2.75, 3.05) is 11.9 Å². The smallest absolute Gasteiger partial charge is 0.339 e. The van der Waals surface area contributed by atoms with Crippen LogP contribution in [0.5, 0.6) is 11.5 Å². The molecular weight excluding hydrogens is 397 g/mol. The van der Waals surface area contributed by atoms with Crippen molar-refractivity contribution in [2.45, 2.75) is 20.5 Å². The number of nitrogens with one attached hydrogen (secondary N) is 2. The third-order valence-corrected chi connectivity index (χ3v) is 4.35. The molecule has 3 rings (SSSR count). The molecule has 3 aromatic carbocycles. The molecule has 0 saturated heterocycles. The summed E-state index contributed by atoms with van der Waals surface area (Å²) in [6.45, 7) is 4.54. The van der Waals surface area contributed by atoms with Crippen molar-refractivity contribution < 1.29 is 18.7 Å². The van der Waals surface area contributed by atoms with Crippen molar-refractivity contribution in [1.29, 1.82) is 0 Å². The maximum Gasteiger partial charge on any atom is 0.339 e. The minimum atomic E-state index is -0.435. The Bertz CT molecular complexity index is 1050. The number of ether oxygens (including phenoxy) is 2. The standard InChI is InChI=1S/C24H24FN3O3/c1-3-30-23-14-19(10-13-22(23)31-16-18-8-11-20(25)12-9-18)15-26-28-24(29)27-21-7-5-4-6-17(21)2/h4-15H,3,16H2,1-2H3,(H2,27,28,29). The number of rotatable bonds is 8. The molecule has 7 heteroatoms. The molecule has 0 spiro atoms. The van der Waals surface area contributed by atoms with Crippen LogP contribution in [-0.2, 0) is 6.61 Å². The average molecular weight is 421 g/mol. The fourth-order valence-electron chi connectivity index (χ4n) is 2.76. The van der Waals surface area contributed by atoms with Crippen LogP contribution in [0.15, 0.2) is 71.8 Å². The molecule has 0 aliphatic rings. The Balaban J connectivity index is 1.60. The average Bonchev–Trinajstić information content (AvgIpc) is 2.76. The van der Waals surface area contributed by atoms with Crippen LogP contribution in [0.4, 0.5) is 14.9 Å². The van der Waals surface area contributed by atoms with Gasteiger partial charge >= 0.3 is 6.03 Å². The highest BCUT2D eigenvalue weighted by Crippen LogP contribution is 2.29. The second-order valence-electron chi connectivity index (χ2n) is 6.69. The van der Waals surface area contributed by atoms with Gasteiger partial charge < -0.3 is 14.8 Å². The van der Waals surface area contributed by atoms with Crippen molar-refractivity contribution in [3.8, 4) is 11.5 Å². The van der Waals surface area contributed by atoms with Gasteiger partial charge in [-0.2, -0.15) is 5.10 Å². The van der Waals surface area contributed by atoms with Gasteiger partial charge in [0.05, 0.1) is 12.8 Å². The third-order valence-electron chi connectivity index (χ3n) is 4.35. The number of carbonyl (C=O) groups is 1. The normalized spacial score (nSPS) is 10.7. The van der Waals surface area contributed by atoms with Gasteiger partial charge in [0, 0.05) is 5.69 Å². The maximum atomic E-state index is 13.0. The highest BCUT2D eigenvalue weighted by Gasteiger charge is 2.07. The number of urea groups is 1. The van der Waals surface area contributed by atoms with E-state index in [-0.39, 0.29) is 12.4 Å². The lowest BCUT2D eigenvalue weighted by Gasteiger charge is -2.12. The predicted molar refractivity (Wildman–Crippen MR) is 119 cm³/mol. The lowest BCUT2D eigenvalue weighted by atomic mass is 10.2. The number of anilines is 1. The molecule has 0 atom stereocenters. The van der Waals surface area contributed by atoms with Crippen LogP contribution < -0.4 is 20.2 Å². The van der Waals surface area contributed by atoms with Gasteiger partial charge in [-0.25, -0.2) is 14.6 Å². The molecule has 0 aromatic heterocycles. The summed E-state index contributed by atoms with van der Waals surface area (Å²) in [6.07, 6.45) is 1.52. The van der Waals surface area contributed by atoms with Crippen molar-refractivity contribution >= 4 is 17.9 Å². The summed E-state index contributed by atoms with van der Waals surface area (Å²) in [7, 11) is 0. The van der Waals surface area contributed by atoms with Gasteiger partial charge in [0.15, 0.2) is 11.5 Å². The fourth-order valence-corrected chi connectivity index (χ4v) is 2.76. The van der Waals surface area contributed by atoms with Crippen molar-refractivity contribution in [3.05, 3.63) is 89.2 Å². The van der Waals surface area contributed by atoms with Gasteiger partial charge in [0.1, 0.15) is 12.4 Å². The van der Waals surface area contributed by atoms with E-state index in [4.69, 9.17) is 9.47 Å². The molecule has 0 bridgehead atoms. The highest BCUT2D eigenvalue weighted by molar-refractivity contribution is 5.91. The summed E-state index contributed by atoms with van der Waals surface area (Å²) in [4.78, 5) is 12.0. The van der Waals surface area contributed by atoms with E-state index in [1.807, 2.05) is 38.1 Å². The fraction of sp³-hybridized carbons (Fsp3) is 0.167. The Morgan fingerprint density at radius 3 is 2.55 bits per heavy atom. The number of halogens is 1. The van der Waals surface area contributed by atoms with Crippen LogP contribution in [0.25, 0.3) is 0 Å². The minimum absolute atomic E-state index is 0.286. The molecule has 0 saturated carbocycles. The van der Waals surface area contributed by atoms with Gasteiger partial charge in [0.2, 0.25) is 0 Å². The Kier molecular flexibility index (Phi) is 7.59. The van der Waals surface area contributed by atoms with Crippen molar-refractivity contribution in [1.82, 2.24) is 5.43 Å². The number of hydrogen-bond donors (Lipinski definition) is 2. The van der Waals surface area contributed by atoms with E-state index in [2.05, 4.69) is 15.8 Å². The maximum absolute atomic E-state index is 13.0. The number of benzene rings is 3. The number of hydrazone groups is 1. The lowest BCUT2D eigenvalue weighted by Crippen LogP contribution is -2.24. The quantitative estimate of drug-likeness (QED) is 0.385. The van der Waals surface area contributed by atoms with E-state index in [9.17, 15) is 9.18 Å². The molecule has 0 unspecified atom stereocenters. The lowest BCUT2D eigenvalue weighted by molar-refractivity contribution is 0.252. The number of carbonyl (C=O) groups excluding carboxylic acids is 1. The van der Waals surface area contributed by atoms with E-state index in [1.165, 1.54) is 18.3 Å². The number of nitrogens with zero attached hydrogens (tertiary/aromatic N) is 1. The summed E-state index contributed by atoms with van der Waals surface area (Å²) in [5.41, 5.74) is 5.69. The van der Waals surface area contributed by atoms with E-state index < -0.39 is 6.03 Å². The molecule has 2 N–H and O–H groups in total. The van der Waals surface area contributed by atoms with Crippen LogP contribution in [0.1, 0.15) is 23.6 Å². The summed E-state index contributed by atoms with van der Waals surface area (Å²) in [5, 5.41) is 6.72. The first-order valence-corrected chi connectivity index (χ1v) is 9.85. The van der Waals surface area contributed by atoms with Crippen LogP contribution in [0, 0.1) is 12.7 Å². The topological polar surface area (TPSA) is 72.0 Å². The zero-order valence-electron chi connectivity index (χ0n) is 17.4. The van der Waals surface area contributed by atoms with Crippen LogP contribution >= 0.6 is 0 Å². The minimum Gasteiger partial charge on any atom is -0.490 e. The molecule has 160 valence electrons. The third kappa shape index (κ3) is 6.57. The first-order valence-electron chi connectivity index (χ1n) is 9.85. The van der Waals surface area contributed by atoms with E-state index in [0.29, 0.717) is 18.1 Å². The largest absolute Gasteiger partial charge is 0.490 e. The molecule has 2 amide bonds. The molecule has 0 fully saturated rings. The van der Waals surface area contributed by atoms with E-state index in [0.717, 1.165) is 22.4 Å². The molecule has 3 aromatic rings. The summed E-state index contributed by atoms with van der Waals surface area (Å²) < 4.78 is 24.5. The molecular formula is C24H24FN3O3. The molecule has 0 radical (unpaired) electrons. The Labute approximate surface area is 180 Å². The first-order chi connectivity index (χ1) is 15.0. The molecule has 6 nitrogen and oxygen atoms in total. The van der Waals surface area contributed by atoms with Crippen molar-refractivity contribution in [2.24, 2.45) is 5.10 Å². The monoisotopic (exact) mass is 421 g/mol. The Morgan fingerprint density at radius 2 is 1.81 bits per heavy atom. The number of amides is 2. The highest BCUT2D eigenvalue weighted by atomic mass is 19.1. The summed E-state index contributed by atoms with van der Waals surface area (Å²) in [5.74, 6) is 0.829. The van der Waals surface area contributed by atoms with E-state index in [1.54, 1.807) is 30.3 Å². The number of aryl methyl sites for hydroxylation is 1. The predicted octanol–water partition coefficient (Wildman–Crippen LogP) is 5.27. The van der Waals surface area contributed by atoms with Crippen LogP contribution in [0.2, 0.25) is 0 Å². The van der Waals surface area contributed by atoms with E-state index >= 15 is 0 Å². The summed E-state index contributed by atoms with van der Waals surface area (Å²) >= 11 is 0. The summed E-state index contributed by atoms with van der Waals surface area (Å²) in [6, 6.07) is 18.5. The zero-order valence-corrected chi connectivity index (χ0v) is 17.4. The van der Waals surface area contributed by atoms with Crippen LogP contribution in [0.3, 0.4) is 0 Å². The molecule has 0 heterocycles. The second-order valence-corrected chi connectivity index (χ2v) is 6.69. The zero-order chi connectivity index (χ0) is 22.1. The molecule has 0 aliphatic heterocycles. The SMILES string of the molecule is CCOc1cc(C=NNC(=O)Nc2ccccc2C)ccc1OCc1ccc(F)cc1. The van der Waals surface area contributed by atoms with Crippen LogP contribution in [-0.4, -0.2) is 18.9 Å². The van der Waals surface area contributed by atoms with Gasteiger partial charge in [-0.15, -0.1) is 0 Å². The number of para-hydroxylation sites is 1. The van der Waals surface area contributed by atoms with Gasteiger partial charge in [-0.1, -0.05) is 30.3 Å². The molecule has 0 aliphatic carbocycles.